The molecule has 0 saturated carbocycles. The van der Waals surface area contributed by atoms with Gasteiger partial charge in [0.1, 0.15) is 0 Å². The number of aromatic nitrogens is 1. The zero-order valence-corrected chi connectivity index (χ0v) is 10.2. The number of fused-ring (bicyclic) bond motifs is 1. The fourth-order valence-electron chi connectivity index (χ4n) is 2.07. The molecule has 18 heavy (non-hydrogen) atoms. The summed E-state index contributed by atoms with van der Waals surface area (Å²) < 4.78 is 1.94. The number of rotatable bonds is 3. The number of nitrogens with zero attached hydrogens (tertiary/aromatic N) is 1. The number of ketones is 1. The van der Waals surface area contributed by atoms with Crippen LogP contribution in [0.15, 0.2) is 30.3 Å². The molecule has 4 heteroatoms. The number of hydrogen-bond acceptors (Lipinski definition) is 2. The maximum Gasteiger partial charge on any atom is 0.376 e. The number of carboxylic acid groups (broad SMARTS) is 1. The molecule has 0 radical (unpaired) electrons. The normalized spacial score (nSPS) is 11.2. The lowest BCUT2D eigenvalue weighted by Gasteiger charge is -1.99. The van der Waals surface area contributed by atoms with E-state index in [1.54, 1.807) is 6.08 Å². The average Bonchev–Trinajstić information content (AvgIpc) is 2.60. The van der Waals surface area contributed by atoms with E-state index < -0.39 is 11.8 Å². The summed E-state index contributed by atoms with van der Waals surface area (Å²) in [4.78, 5) is 21.5. The summed E-state index contributed by atoms with van der Waals surface area (Å²) in [6.45, 7) is 1.95. The van der Waals surface area contributed by atoms with Crippen molar-refractivity contribution in [3.05, 3.63) is 41.6 Å². The molecule has 0 spiro atoms. The number of aryl methyl sites for hydroxylation is 2. The van der Waals surface area contributed by atoms with Crippen LogP contribution in [-0.4, -0.2) is 21.4 Å². The van der Waals surface area contributed by atoms with Gasteiger partial charge < -0.3 is 9.67 Å². The molecule has 2 rings (SSSR count). The van der Waals surface area contributed by atoms with E-state index in [4.69, 9.17) is 5.11 Å². The lowest BCUT2D eigenvalue weighted by Crippen LogP contribution is -2.08. The number of aliphatic carboxylic acids is 1. The van der Waals surface area contributed by atoms with E-state index in [0.717, 1.165) is 28.2 Å². The van der Waals surface area contributed by atoms with E-state index in [1.807, 2.05) is 42.8 Å². The summed E-state index contributed by atoms with van der Waals surface area (Å²) in [6.07, 6.45) is 2.63. The first-order chi connectivity index (χ1) is 8.52. The zero-order valence-electron chi connectivity index (χ0n) is 10.2. The zero-order chi connectivity index (χ0) is 13.3. The third-order valence-electron chi connectivity index (χ3n) is 3.02. The molecule has 1 N–H and O–H groups in total. The van der Waals surface area contributed by atoms with Gasteiger partial charge in [0, 0.05) is 23.6 Å². The second kappa shape index (κ2) is 4.49. The van der Waals surface area contributed by atoms with Gasteiger partial charge in [-0.05, 0) is 30.7 Å². The number of carbonyl (C=O) groups excluding carboxylic acids is 1. The average molecular weight is 243 g/mol. The minimum absolute atomic E-state index is 0.839. The van der Waals surface area contributed by atoms with Crippen molar-refractivity contribution in [3.8, 4) is 0 Å². The van der Waals surface area contributed by atoms with E-state index in [0.29, 0.717) is 0 Å². The van der Waals surface area contributed by atoms with Crippen molar-refractivity contribution in [1.29, 1.82) is 0 Å². The summed E-state index contributed by atoms with van der Waals surface area (Å²) in [5, 5.41) is 9.63. The molecule has 92 valence electrons. The maximum absolute atomic E-state index is 11.1. The smallest absolute Gasteiger partial charge is 0.376 e. The molecule has 2 aromatic rings. The first-order valence-electron chi connectivity index (χ1n) is 5.51. The first kappa shape index (κ1) is 12.1. The third-order valence-corrected chi connectivity index (χ3v) is 3.02. The Morgan fingerprint density at radius 1 is 1.28 bits per heavy atom. The van der Waals surface area contributed by atoms with Crippen LogP contribution in [0.2, 0.25) is 0 Å². The van der Waals surface area contributed by atoms with Gasteiger partial charge >= 0.3 is 5.97 Å². The Morgan fingerprint density at radius 3 is 2.56 bits per heavy atom. The standard InChI is InChI=1S/C14H13NO3/c1-9-10-5-3-4-6-12(10)15(2)11(9)7-8-13(16)14(17)18/h3-8H,1-2H3,(H,17,18)/b8-7+. The van der Waals surface area contributed by atoms with Gasteiger partial charge in [-0.3, -0.25) is 4.79 Å². The SMILES string of the molecule is Cc1c(/C=C/C(=O)C(=O)O)n(C)c2ccccc12. The number of hydrogen-bond donors (Lipinski definition) is 1. The van der Waals surface area contributed by atoms with Gasteiger partial charge in [-0.1, -0.05) is 18.2 Å². The molecule has 0 saturated heterocycles. The van der Waals surface area contributed by atoms with Crippen LogP contribution in [-0.2, 0) is 16.6 Å². The summed E-state index contributed by atoms with van der Waals surface area (Å²) in [5.41, 5.74) is 2.92. The van der Waals surface area contributed by atoms with Crippen LogP contribution < -0.4 is 0 Å². The second-order valence-electron chi connectivity index (χ2n) is 4.09. The first-order valence-corrected chi connectivity index (χ1v) is 5.51. The largest absolute Gasteiger partial charge is 0.475 e. The van der Waals surface area contributed by atoms with E-state index in [-0.39, 0.29) is 0 Å². The van der Waals surface area contributed by atoms with E-state index in [2.05, 4.69) is 0 Å². The quantitative estimate of drug-likeness (QED) is 0.663. The van der Waals surface area contributed by atoms with Gasteiger partial charge in [-0.15, -0.1) is 0 Å². The fraction of sp³-hybridized carbons (Fsp3) is 0.143. The van der Waals surface area contributed by atoms with Crippen molar-refractivity contribution in [2.45, 2.75) is 6.92 Å². The molecule has 0 amide bonds. The van der Waals surface area contributed by atoms with Gasteiger partial charge in [0.25, 0.3) is 5.78 Å². The highest BCUT2D eigenvalue weighted by molar-refractivity contribution is 6.38. The van der Waals surface area contributed by atoms with Gasteiger partial charge in [0.15, 0.2) is 0 Å². The number of para-hydroxylation sites is 1. The summed E-state index contributed by atoms with van der Waals surface area (Å²) in [6, 6.07) is 7.88. The lowest BCUT2D eigenvalue weighted by molar-refractivity contribution is -0.146. The molecule has 4 nitrogen and oxygen atoms in total. The summed E-state index contributed by atoms with van der Waals surface area (Å²) in [7, 11) is 1.89. The highest BCUT2D eigenvalue weighted by atomic mass is 16.4. The highest BCUT2D eigenvalue weighted by Crippen LogP contribution is 2.25. The Morgan fingerprint density at radius 2 is 1.94 bits per heavy atom. The van der Waals surface area contributed by atoms with Crippen LogP contribution in [0.5, 0.6) is 0 Å². The van der Waals surface area contributed by atoms with Crippen LogP contribution in [0.3, 0.4) is 0 Å². The van der Waals surface area contributed by atoms with Crippen LogP contribution >= 0.6 is 0 Å². The van der Waals surface area contributed by atoms with E-state index >= 15 is 0 Å². The number of benzene rings is 1. The van der Waals surface area contributed by atoms with Crippen molar-refractivity contribution in [2.24, 2.45) is 7.05 Å². The molecule has 1 aromatic carbocycles. The highest BCUT2D eigenvalue weighted by Gasteiger charge is 2.10. The third kappa shape index (κ3) is 1.93. The van der Waals surface area contributed by atoms with E-state index in [9.17, 15) is 9.59 Å². The number of carboxylic acids is 1. The predicted molar refractivity (Wildman–Crippen MR) is 69.3 cm³/mol. The second-order valence-corrected chi connectivity index (χ2v) is 4.09. The van der Waals surface area contributed by atoms with Gasteiger partial charge in [-0.2, -0.15) is 0 Å². The van der Waals surface area contributed by atoms with Crippen molar-refractivity contribution in [2.75, 3.05) is 0 Å². The molecule has 0 aliphatic rings. The minimum Gasteiger partial charge on any atom is -0.475 e. The molecular weight excluding hydrogens is 230 g/mol. The topological polar surface area (TPSA) is 59.3 Å². The maximum atomic E-state index is 11.1. The van der Waals surface area contributed by atoms with Crippen molar-refractivity contribution < 1.29 is 14.7 Å². The lowest BCUT2D eigenvalue weighted by atomic mass is 10.1. The molecule has 0 aliphatic carbocycles. The van der Waals surface area contributed by atoms with Crippen LogP contribution in [0.4, 0.5) is 0 Å². The van der Waals surface area contributed by atoms with Crippen molar-refractivity contribution in [1.82, 2.24) is 4.57 Å². The molecule has 1 heterocycles. The number of carbonyl (C=O) groups is 2. The van der Waals surface area contributed by atoms with Crippen LogP contribution in [0, 0.1) is 6.92 Å². The summed E-state index contributed by atoms with van der Waals surface area (Å²) in [5.74, 6) is -2.36. The Kier molecular flexibility index (Phi) is 3.02. The molecule has 0 bridgehead atoms. The van der Waals surface area contributed by atoms with Gasteiger partial charge in [-0.25, -0.2) is 4.79 Å². The minimum atomic E-state index is -1.44. The molecule has 0 aliphatic heterocycles. The van der Waals surface area contributed by atoms with E-state index in [1.165, 1.54) is 0 Å². The monoisotopic (exact) mass is 243 g/mol. The van der Waals surface area contributed by atoms with Crippen molar-refractivity contribution >= 4 is 28.7 Å². The van der Waals surface area contributed by atoms with Gasteiger partial charge in [0.05, 0.1) is 0 Å². The molecular formula is C14H13NO3. The fourth-order valence-corrected chi connectivity index (χ4v) is 2.07. The van der Waals surface area contributed by atoms with Crippen LogP contribution in [0.25, 0.3) is 17.0 Å². The molecule has 0 unspecified atom stereocenters. The van der Waals surface area contributed by atoms with Crippen molar-refractivity contribution in [3.63, 3.8) is 0 Å². The predicted octanol–water partition coefficient (Wildman–Crippen LogP) is 2.15. The van der Waals surface area contributed by atoms with Gasteiger partial charge in [0.2, 0.25) is 0 Å². The Hall–Kier alpha value is -2.36. The van der Waals surface area contributed by atoms with Crippen LogP contribution in [0.1, 0.15) is 11.3 Å². The summed E-state index contributed by atoms with van der Waals surface area (Å²) >= 11 is 0. The molecule has 0 atom stereocenters. The molecule has 1 aromatic heterocycles. The Balaban J connectivity index is 2.52. The Labute approximate surface area is 104 Å². The molecule has 0 fully saturated rings. The Bertz CT molecular complexity index is 626.